The molecular formula is C17H27NO3. The van der Waals surface area contributed by atoms with Gasteiger partial charge in [0.25, 0.3) is 0 Å². The highest BCUT2D eigenvalue weighted by molar-refractivity contribution is 5.73. The number of hydrogen-bond donors (Lipinski definition) is 2. The summed E-state index contributed by atoms with van der Waals surface area (Å²) in [4.78, 5) is 11.1. The topological polar surface area (TPSA) is 58.6 Å². The molecule has 21 heavy (non-hydrogen) atoms. The standard InChI is InChI=1S/C17H27NO3/c1-6-18-14(16(19)20)9-10-21-15-8-7-12(2)11-13(15)17(3,4)5/h7-8,11,14,18H,6,9-10H2,1-5H3,(H,19,20). The highest BCUT2D eigenvalue weighted by Crippen LogP contribution is 2.32. The van der Waals surface area contributed by atoms with Crippen LogP contribution in [0.1, 0.15) is 45.2 Å². The third kappa shape index (κ3) is 5.38. The van der Waals surface area contributed by atoms with Gasteiger partial charge in [-0.2, -0.15) is 0 Å². The van der Waals surface area contributed by atoms with Gasteiger partial charge in [-0.25, -0.2) is 0 Å². The summed E-state index contributed by atoms with van der Waals surface area (Å²) in [6.45, 7) is 11.4. The first-order chi connectivity index (χ1) is 9.75. The minimum atomic E-state index is -0.833. The Morgan fingerprint density at radius 2 is 2.05 bits per heavy atom. The van der Waals surface area contributed by atoms with E-state index in [4.69, 9.17) is 9.84 Å². The highest BCUT2D eigenvalue weighted by atomic mass is 16.5. The fourth-order valence-electron chi connectivity index (χ4n) is 2.20. The summed E-state index contributed by atoms with van der Waals surface area (Å²) in [6, 6.07) is 5.56. The number of likely N-dealkylation sites (N-methyl/N-ethyl adjacent to an activating group) is 1. The molecule has 1 atom stereocenters. The molecule has 1 rings (SSSR count). The molecule has 1 aromatic rings. The Labute approximate surface area is 127 Å². The van der Waals surface area contributed by atoms with Crippen LogP contribution in [0.25, 0.3) is 0 Å². The second-order valence-electron chi connectivity index (χ2n) is 6.34. The Balaban J connectivity index is 2.73. The van der Waals surface area contributed by atoms with Crippen LogP contribution in [-0.2, 0) is 10.2 Å². The lowest BCUT2D eigenvalue weighted by molar-refractivity contribution is -0.139. The van der Waals surface area contributed by atoms with E-state index in [0.29, 0.717) is 19.6 Å². The van der Waals surface area contributed by atoms with Crippen molar-refractivity contribution in [3.05, 3.63) is 29.3 Å². The van der Waals surface area contributed by atoms with E-state index in [2.05, 4.69) is 39.1 Å². The molecule has 0 aliphatic heterocycles. The quantitative estimate of drug-likeness (QED) is 0.811. The maximum Gasteiger partial charge on any atom is 0.320 e. The largest absolute Gasteiger partial charge is 0.493 e. The molecule has 1 aromatic carbocycles. The van der Waals surface area contributed by atoms with Crippen molar-refractivity contribution >= 4 is 5.97 Å². The molecule has 0 aliphatic carbocycles. The van der Waals surface area contributed by atoms with Crippen molar-refractivity contribution in [2.75, 3.05) is 13.2 Å². The molecule has 0 aromatic heterocycles. The van der Waals surface area contributed by atoms with Gasteiger partial charge in [0, 0.05) is 6.42 Å². The van der Waals surface area contributed by atoms with Gasteiger partial charge in [-0.1, -0.05) is 45.4 Å². The molecule has 0 fully saturated rings. The van der Waals surface area contributed by atoms with Crippen LogP contribution >= 0.6 is 0 Å². The van der Waals surface area contributed by atoms with Gasteiger partial charge < -0.3 is 15.2 Å². The molecule has 0 radical (unpaired) electrons. The molecule has 0 saturated heterocycles. The fourth-order valence-corrected chi connectivity index (χ4v) is 2.20. The monoisotopic (exact) mass is 293 g/mol. The lowest BCUT2D eigenvalue weighted by atomic mass is 9.85. The van der Waals surface area contributed by atoms with Crippen LogP contribution in [0.15, 0.2) is 18.2 Å². The van der Waals surface area contributed by atoms with Crippen LogP contribution < -0.4 is 10.1 Å². The number of benzene rings is 1. The summed E-state index contributed by atoms with van der Waals surface area (Å²) >= 11 is 0. The van der Waals surface area contributed by atoms with Gasteiger partial charge >= 0.3 is 5.97 Å². The zero-order chi connectivity index (χ0) is 16.0. The van der Waals surface area contributed by atoms with Crippen LogP contribution in [0, 0.1) is 6.92 Å². The van der Waals surface area contributed by atoms with E-state index in [9.17, 15) is 4.79 Å². The Morgan fingerprint density at radius 3 is 2.57 bits per heavy atom. The van der Waals surface area contributed by atoms with Crippen molar-refractivity contribution in [1.29, 1.82) is 0 Å². The Bertz CT molecular complexity index is 477. The summed E-state index contributed by atoms with van der Waals surface area (Å²) < 4.78 is 5.84. The Morgan fingerprint density at radius 1 is 1.38 bits per heavy atom. The van der Waals surface area contributed by atoms with Crippen LogP contribution in [-0.4, -0.2) is 30.3 Å². The summed E-state index contributed by atoms with van der Waals surface area (Å²) in [7, 11) is 0. The molecular weight excluding hydrogens is 266 g/mol. The highest BCUT2D eigenvalue weighted by Gasteiger charge is 2.20. The van der Waals surface area contributed by atoms with Crippen LogP contribution in [0.3, 0.4) is 0 Å². The summed E-state index contributed by atoms with van der Waals surface area (Å²) in [5.74, 6) is 0.00846. The molecule has 0 bridgehead atoms. The lowest BCUT2D eigenvalue weighted by Gasteiger charge is -2.24. The third-order valence-electron chi connectivity index (χ3n) is 3.36. The van der Waals surface area contributed by atoms with Gasteiger partial charge in [0.2, 0.25) is 0 Å². The predicted octanol–water partition coefficient (Wildman–Crippen LogP) is 3.12. The van der Waals surface area contributed by atoms with E-state index < -0.39 is 12.0 Å². The lowest BCUT2D eigenvalue weighted by Crippen LogP contribution is -2.37. The number of aliphatic carboxylic acids is 1. The van der Waals surface area contributed by atoms with E-state index >= 15 is 0 Å². The molecule has 118 valence electrons. The second kappa shape index (κ2) is 7.46. The van der Waals surface area contributed by atoms with Gasteiger partial charge in [0.05, 0.1) is 6.61 Å². The van der Waals surface area contributed by atoms with Gasteiger partial charge in [-0.15, -0.1) is 0 Å². The molecule has 4 heteroatoms. The molecule has 0 heterocycles. The number of carboxylic acid groups (broad SMARTS) is 1. The average Bonchev–Trinajstić information content (AvgIpc) is 2.38. The molecule has 2 N–H and O–H groups in total. The molecule has 1 unspecified atom stereocenters. The summed E-state index contributed by atoms with van der Waals surface area (Å²) in [5.41, 5.74) is 2.34. The van der Waals surface area contributed by atoms with E-state index in [1.165, 1.54) is 5.56 Å². The first-order valence-corrected chi connectivity index (χ1v) is 7.45. The van der Waals surface area contributed by atoms with E-state index in [-0.39, 0.29) is 5.41 Å². The Kier molecular flexibility index (Phi) is 6.21. The first-order valence-electron chi connectivity index (χ1n) is 7.45. The molecule has 0 amide bonds. The van der Waals surface area contributed by atoms with Crippen LogP contribution in [0.4, 0.5) is 0 Å². The van der Waals surface area contributed by atoms with Crippen LogP contribution in [0.5, 0.6) is 5.75 Å². The fraction of sp³-hybridized carbons (Fsp3) is 0.588. The molecule has 4 nitrogen and oxygen atoms in total. The summed E-state index contributed by atoms with van der Waals surface area (Å²) in [5, 5.41) is 12.0. The predicted molar refractivity (Wildman–Crippen MR) is 85.1 cm³/mol. The van der Waals surface area contributed by atoms with Crippen molar-refractivity contribution in [2.45, 2.75) is 52.5 Å². The molecule has 0 spiro atoms. The van der Waals surface area contributed by atoms with Gasteiger partial charge in [0.15, 0.2) is 0 Å². The van der Waals surface area contributed by atoms with Crippen LogP contribution in [0.2, 0.25) is 0 Å². The van der Waals surface area contributed by atoms with Gasteiger partial charge in [-0.3, -0.25) is 4.79 Å². The SMILES string of the molecule is CCNC(CCOc1ccc(C)cc1C(C)(C)C)C(=O)O. The number of nitrogens with one attached hydrogen (secondary N) is 1. The smallest absolute Gasteiger partial charge is 0.320 e. The number of hydrogen-bond acceptors (Lipinski definition) is 3. The number of ether oxygens (including phenoxy) is 1. The normalized spacial score (nSPS) is 13.0. The maximum absolute atomic E-state index is 11.1. The number of aryl methyl sites for hydroxylation is 1. The van der Waals surface area contributed by atoms with E-state index in [0.717, 1.165) is 11.3 Å². The zero-order valence-corrected chi connectivity index (χ0v) is 13.7. The minimum Gasteiger partial charge on any atom is -0.493 e. The van der Waals surface area contributed by atoms with Crippen molar-refractivity contribution in [3.63, 3.8) is 0 Å². The number of carbonyl (C=O) groups is 1. The van der Waals surface area contributed by atoms with Gasteiger partial charge in [-0.05, 0) is 30.5 Å². The average molecular weight is 293 g/mol. The number of carboxylic acids is 1. The summed E-state index contributed by atoms with van der Waals surface area (Å²) in [6.07, 6.45) is 0.445. The van der Waals surface area contributed by atoms with E-state index in [1.54, 1.807) is 0 Å². The van der Waals surface area contributed by atoms with E-state index in [1.807, 2.05) is 19.1 Å². The van der Waals surface area contributed by atoms with Crippen molar-refractivity contribution in [1.82, 2.24) is 5.32 Å². The second-order valence-corrected chi connectivity index (χ2v) is 6.34. The van der Waals surface area contributed by atoms with Crippen molar-refractivity contribution in [3.8, 4) is 5.75 Å². The third-order valence-corrected chi connectivity index (χ3v) is 3.36. The van der Waals surface area contributed by atoms with Gasteiger partial charge in [0.1, 0.15) is 11.8 Å². The molecule has 0 aliphatic rings. The Hall–Kier alpha value is -1.55. The first kappa shape index (κ1) is 17.5. The minimum absolute atomic E-state index is 0.00474. The number of rotatable bonds is 7. The van der Waals surface area contributed by atoms with Crippen molar-refractivity contribution in [2.24, 2.45) is 0 Å². The van der Waals surface area contributed by atoms with Crippen molar-refractivity contribution < 1.29 is 14.6 Å². The zero-order valence-electron chi connectivity index (χ0n) is 13.7. The molecule has 0 saturated carbocycles. The maximum atomic E-state index is 11.1.